The SMILES string of the molecule is Cc1ccc(C(=O)Nc2ccc(CN3CCN(CCCN)CC3)c(C(F)(F)F)c2)cc1C#Cc1cnc2cccnn12. The lowest BCUT2D eigenvalue weighted by Gasteiger charge is -2.35. The summed E-state index contributed by atoms with van der Waals surface area (Å²) in [6.45, 7) is 6.56. The van der Waals surface area contributed by atoms with E-state index in [1.807, 2.05) is 17.9 Å². The molecule has 0 radical (unpaired) electrons. The molecule has 218 valence electrons. The number of alkyl halides is 3. The summed E-state index contributed by atoms with van der Waals surface area (Å²) in [5.41, 5.74) is 8.10. The Morgan fingerprint density at radius 3 is 2.60 bits per heavy atom. The van der Waals surface area contributed by atoms with Gasteiger partial charge in [0.1, 0.15) is 5.69 Å². The topological polar surface area (TPSA) is 91.8 Å². The van der Waals surface area contributed by atoms with E-state index >= 15 is 0 Å². The van der Waals surface area contributed by atoms with Gasteiger partial charge in [0.05, 0.1) is 11.8 Å². The number of nitrogens with one attached hydrogen (secondary N) is 1. The molecule has 5 rings (SSSR count). The highest BCUT2D eigenvalue weighted by Gasteiger charge is 2.34. The number of piperazine rings is 1. The second-order valence-electron chi connectivity index (χ2n) is 10.3. The summed E-state index contributed by atoms with van der Waals surface area (Å²) in [7, 11) is 0. The molecule has 1 aliphatic rings. The van der Waals surface area contributed by atoms with E-state index < -0.39 is 17.6 Å². The lowest BCUT2D eigenvalue weighted by atomic mass is 10.0. The zero-order valence-electron chi connectivity index (χ0n) is 23.3. The van der Waals surface area contributed by atoms with Crippen molar-refractivity contribution in [1.82, 2.24) is 24.4 Å². The Kier molecular flexibility index (Phi) is 8.87. The van der Waals surface area contributed by atoms with Crippen LogP contribution in [0.3, 0.4) is 0 Å². The quantitative estimate of drug-likeness (QED) is 0.322. The third-order valence-corrected chi connectivity index (χ3v) is 7.31. The van der Waals surface area contributed by atoms with E-state index in [1.165, 1.54) is 12.1 Å². The first kappa shape index (κ1) is 29.3. The number of hydrogen-bond acceptors (Lipinski definition) is 6. The minimum atomic E-state index is -4.56. The van der Waals surface area contributed by atoms with Crippen LogP contribution in [-0.4, -0.2) is 69.6 Å². The van der Waals surface area contributed by atoms with Crippen molar-refractivity contribution in [3.8, 4) is 11.8 Å². The van der Waals surface area contributed by atoms with E-state index in [9.17, 15) is 18.0 Å². The Labute approximate surface area is 242 Å². The molecule has 0 bridgehead atoms. The molecule has 0 saturated carbocycles. The molecule has 0 spiro atoms. The third-order valence-electron chi connectivity index (χ3n) is 7.31. The summed E-state index contributed by atoms with van der Waals surface area (Å²) in [4.78, 5) is 21.6. The average Bonchev–Trinajstić information content (AvgIpc) is 3.39. The number of fused-ring (bicyclic) bond motifs is 1. The number of benzene rings is 2. The Morgan fingerprint density at radius 1 is 1.05 bits per heavy atom. The maximum atomic E-state index is 14.1. The van der Waals surface area contributed by atoms with Gasteiger partial charge in [0.25, 0.3) is 5.91 Å². The molecule has 4 aromatic rings. The predicted octanol–water partition coefficient (Wildman–Crippen LogP) is 4.18. The van der Waals surface area contributed by atoms with Gasteiger partial charge in [0.15, 0.2) is 5.65 Å². The van der Waals surface area contributed by atoms with Crippen LogP contribution in [0.2, 0.25) is 0 Å². The highest BCUT2D eigenvalue weighted by atomic mass is 19.4. The average molecular weight is 576 g/mol. The number of imidazole rings is 1. The van der Waals surface area contributed by atoms with Gasteiger partial charge in [-0.25, -0.2) is 9.50 Å². The van der Waals surface area contributed by atoms with Crippen LogP contribution in [0.15, 0.2) is 60.9 Å². The van der Waals surface area contributed by atoms with Crippen molar-refractivity contribution in [1.29, 1.82) is 0 Å². The number of halogens is 3. The normalized spacial score (nSPS) is 14.5. The van der Waals surface area contributed by atoms with Gasteiger partial charge in [-0.05, 0) is 79.9 Å². The first-order valence-electron chi connectivity index (χ1n) is 13.8. The van der Waals surface area contributed by atoms with E-state index in [4.69, 9.17) is 5.73 Å². The van der Waals surface area contributed by atoms with E-state index in [0.717, 1.165) is 37.7 Å². The zero-order valence-corrected chi connectivity index (χ0v) is 23.3. The van der Waals surface area contributed by atoms with Crippen LogP contribution in [0.5, 0.6) is 0 Å². The third kappa shape index (κ3) is 6.97. The molecular weight excluding hydrogens is 543 g/mol. The maximum Gasteiger partial charge on any atom is 0.416 e. The van der Waals surface area contributed by atoms with Gasteiger partial charge >= 0.3 is 6.18 Å². The summed E-state index contributed by atoms with van der Waals surface area (Å²) in [5.74, 6) is 5.57. The molecule has 42 heavy (non-hydrogen) atoms. The minimum Gasteiger partial charge on any atom is -0.330 e. The minimum absolute atomic E-state index is 0.0766. The van der Waals surface area contributed by atoms with Gasteiger partial charge < -0.3 is 16.0 Å². The number of nitrogens with two attached hydrogens (primary N) is 1. The molecule has 1 aliphatic heterocycles. The Morgan fingerprint density at radius 2 is 1.83 bits per heavy atom. The Hall–Kier alpha value is -4.24. The van der Waals surface area contributed by atoms with Gasteiger partial charge in [-0.3, -0.25) is 9.69 Å². The Balaban J connectivity index is 1.30. The lowest BCUT2D eigenvalue weighted by molar-refractivity contribution is -0.138. The van der Waals surface area contributed by atoms with Crippen molar-refractivity contribution in [3.63, 3.8) is 0 Å². The number of anilines is 1. The number of carbonyl (C=O) groups is 1. The summed E-state index contributed by atoms with van der Waals surface area (Å²) in [6.07, 6.45) is -0.396. The molecule has 0 unspecified atom stereocenters. The largest absolute Gasteiger partial charge is 0.416 e. The number of hydrogen-bond donors (Lipinski definition) is 2. The number of aryl methyl sites for hydroxylation is 1. The molecule has 2 aromatic heterocycles. The fraction of sp³-hybridized carbons (Fsp3) is 0.323. The Bertz CT molecular complexity index is 1630. The van der Waals surface area contributed by atoms with Crippen LogP contribution in [0.25, 0.3) is 5.65 Å². The second kappa shape index (κ2) is 12.7. The summed E-state index contributed by atoms with van der Waals surface area (Å²) in [6, 6.07) is 12.6. The zero-order chi connectivity index (χ0) is 29.7. The first-order chi connectivity index (χ1) is 20.2. The van der Waals surface area contributed by atoms with E-state index in [-0.39, 0.29) is 23.4 Å². The van der Waals surface area contributed by atoms with E-state index in [1.54, 1.807) is 41.2 Å². The van der Waals surface area contributed by atoms with Gasteiger partial charge in [-0.2, -0.15) is 18.3 Å². The monoisotopic (exact) mass is 575 g/mol. The second-order valence-corrected chi connectivity index (χ2v) is 10.3. The maximum absolute atomic E-state index is 14.1. The fourth-order valence-corrected chi connectivity index (χ4v) is 4.93. The molecule has 0 atom stereocenters. The standard InChI is InChI=1S/C31H32F3N7O/c1-22-5-6-24(18-23(22)8-10-27-20-36-29-4-2-12-37-41(27)29)30(42)38-26-9-7-25(28(19-26)31(32,33)34)21-40-16-14-39(15-17-40)13-3-11-35/h2,4-7,9,12,18-20H,3,11,13-17,21,35H2,1H3,(H,38,42). The van der Waals surface area contributed by atoms with Gasteiger partial charge in [0.2, 0.25) is 0 Å². The fourth-order valence-electron chi connectivity index (χ4n) is 4.93. The molecule has 1 saturated heterocycles. The molecule has 2 aromatic carbocycles. The van der Waals surface area contributed by atoms with E-state index in [2.05, 4.69) is 32.1 Å². The predicted molar refractivity (Wildman–Crippen MR) is 155 cm³/mol. The first-order valence-corrected chi connectivity index (χ1v) is 13.8. The molecule has 3 heterocycles. The van der Waals surface area contributed by atoms with Crippen LogP contribution in [0.4, 0.5) is 18.9 Å². The number of rotatable bonds is 7. The van der Waals surface area contributed by atoms with Crippen molar-refractivity contribution in [3.05, 3.63) is 94.4 Å². The van der Waals surface area contributed by atoms with Crippen molar-refractivity contribution in [2.45, 2.75) is 26.1 Å². The smallest absolute Gasteiger partial charge is 0.330 e. The summed E-state index contributed by atoms with van der Waals surface area (Å²) >= 11 is 0. The molecule has 1 fully saturated rings. The van der Waals surface area contributed by atoms with Crippen LogP contribution in [-0.2, 0) is 12.7 Å². The van der Waals surface area contributed by atoms with Gasteiger partial charge in [-0.1, -0.05) is 18.1 Å². The molecule has 8 nitrogen and oxygen atoms in total. The van der Waals surface area contributed by atoms with Crippen LogP contribution in [0, 0.1) is 18.8 Å². The van der Waals surface area contributed by atoms with Gasteiger partial charge in [-0.15, -0.1) is 0 Å². The molecule has 3 N–H and O–H groups in total. The van der Waals surface area contributed by atoms with Crippen LogP contribution >= 0.6 is 0 Å². The van der Waals surface area contributed by atoms with E-state index in [0.29, 0.717) is 36.5 Å². The molecule has 1 amide bonds. The number of amides is 1. The lowest BCUT2D eigenvalue weighted by Crippen LogP contribution is -2.46. The molecule has 11 heteroatoms. The summed E-state index contributed by atoms with van der Waals surface area (Å²) < 4.78 is 43.8. The van der Waals surface area contributed by atoms with Crippen LogP contribution < -0.4 is 11.1 Å². The summed E-state index contributed by atoms with van der Waals surface area (Å²) in [5, 5.41) is 6.87. The molecular formula is C31H32F3N7O. The van der Waals surface area contributed by atoms with Gasteiger partial charge in [0, 0.05) is 55.7 Å². The number of carbonyl (C=O) groups excluding carboxylic acids is 1. The van der Waals surface area contributed by atoms with Crippen molar-refractivity contribution in [2.24, 2.45) is 5.73 Å². The number of aromatic nitrogens is 3. The van der Waals surface area contributed by atoms with Crippen molar-refractivity contribution in [2.75, 3.05) is 44.6 Å². The molecule has 0 aliphatic carbocycles. The van der Waals surface area contributed by atoms with Crippen LogP contribution in [0.1, 0.15) is 44.7 Å². The highest BCUT2D eigenvalue weighted by Crippen LogP contribution is 2.34. The van der Waals surface area contributed by atoms with Crippen molar-refractivity contribution >= 4 is 17.2 Å². The highest BCUT2D eigenvalue weighted by molar-refractivity contribution is 6.04. The van der Waals surface area contributed by atoms with Crippen molar-refractivity contribution < 1.29 is 18.0 Å². The number of nitrogens with zero attached hydrogens (tertiary/aromatic N) is 5.